The van der Waals surface area contributed by atoms with Gasteiger partial charge in [0.1, 0.15) is 0 Å². The van der Waals surface area contributed by atoms with Crippen molar-refractivity contribution in [1.82, 2.24) is 0 Å². The highest BCUT2D eigenvalue weighted by atomic mass is 14.6. The maximum atomic E-state index is 2.54. The molecular weight excluding hydrogens is 901 g/mol. The minimum absolute atomic E-state index is 0.300. The molecule has 0 bridgehead atoms. The summed E-state index contributed by atoms with van der Waals surface area (Å²) in [4.78, 5) is 0. The van der Waals surface area contributed by atoms with Crippen LogP contribution in [0.3, 0.4) is 0 Å². The highest BCUT2D eigenvalue weighted by Gasteiger charge is 2.54. The molecule has 0 N–H and O–H groups in total. The van der Waals surface area contributed by atoms with E-state index in [-0.39, 0.29) is 10.8 Å². The fourth-order valence-corrected chi connectivity index (χ4v) is 15.7. The van der Waals surface area contributed by atoms with Crippen molar-refractivity contribution in [3.8, 4) is 66.8 Å². The van der Waals surface area contributed by atoms with E-state index >= 15 is 0 Å². The number of benzene rings is 11. The van der Waals surface area contributed by atoms with E-state index < -0.39 is 5.41 Å². The lowest BCUT2D eigenvalue weighted by molar-refractivity contribution is 0.714. The summed E-state index contributed by atoms with van der Waals surface area (Å²) in [5.41, 5.74) is 33.6. The number of hydrogen-bond donors (Lipinski definition) is 0. The molecule has 0 atom stereocenters. The summed E-state index contributed by atoms with van der Waals surface area (Å²) in [6.45, 7) is 0. The van der Waals surface area contributed by atoms with E-state index in [4.69, 9.17) is 0 Å². The zero-order valence-corrected chi connectivity index (χ0v) is 41.3. The van der Waals surface area contributed by atoms with Crippen molar-refractivity contribution >= 4 is 5.57 Å². The molecule has 0 heterocycles. The van der Waals surface area contributed by atoms with E-state index in [0.29, 0.717) is 0 Å². The molecule has 6 aliphatic carbocycles. The van der Waals surface area contributed by atoms with E-state index in [9.17, 15) is 0 Å². The lowest BCUT2D eigenvalue weighted by Crippen LogP contribution is -2.28. The van der Waals surface area contributed by atoms with Gasteiger partial charge in [0.25, 0.3) is 0 Å². The van der Waals surface area contributed by atoms with Crippen molar-refractivity contribution in [2.24, 2.45) is 0 Å². The Hall–Kier alpha value is -9.10. The van der Waals surface area contributed by atoms with Crippen molar-refractivity contribution < 1.29 is 0 Å². The highest BCUT2D eigenvalue weighted by Crippen LogP contribution is 2.66. The minimum atomic E-state index is -0.528. The summed E-state index contributed by atoms with van der Waals surface area (Å²) >= 11 is 0. The molecule has 2 spiro atoms. The van der Waals surface area contributed by atoms with Crippen LogP contribution < -0.4 is 0 Å². The minimum Gasteiger partial charge on any atom is -0.0836 e. The highest BCUT2D eigenvalue weighted by molar-refractivity contribution is 5.99. The topological polar surface area (TPSA) is 0 Å². The molecule has 0 aromatic heterocycles. The molecule has 0 aliphatic heterocycles. The normalized spacial score (nSPS) is 16.1. The number of hydrogen-bond acceptors (Lipinski definition) is 0. The van der Waals surface area contributed by atoms with Gasteiger partial charge in [-0.15, -0.1) is 0 Å². The first kappa shape index (κ1) is 41.4. The second-order valence-corrected chi connectivity index (χ2v) is 21.6. The average molecular weight is 949 g/mol. The van der Waals surface area contributed by atoms with Crippen molar-refractivity contribution in [2.45, 2.75) is 29.1 Å². The molecule has 0 fully saturated rings. The number of rotatable bonds is 4. The van der Waals surface area contributed by atoms with Crippen LogP contribution in [0.4, 0.5) is 0 Å². The fraction of sp³-hybridized carbons (Fsp3) is 0.0667. The number of allylic oxidation sites excluding steroid dienone is 4. The molecule has 11 aromatic carbocycles. The predicted octanol–water partition coefficient (Wildman–Crippen LogP) is 18.2. The van der Waals surface area contributed by atoms with Crippen LogP contribution in [0.5, 0.6) is 0 Å². The Balaban J connectivity index is 0.804. The van der Waals surface area contributed by atoms with E-state index in [1.807, 2.05) is 0 Å². The van der Waals surface area contributed by atoms with Crippen LogP contribution in [0.1, 0.15) is 79.6 Å². The maximum absolute atomic E-state index is 2.54. The summed E-state index contributed by atoms with van der Waals surface area (Å²) in [6, 6.07) is 97.6. The third-order valence-corrected chi connectivity index (χ3v) is 18.5. The summed E-state index contributed by atoms with van der Waals surface area (Å²) in [7, 11) is 0. The standard InChI is InChI=1S/C75H48/c1-9-25-63-53(17-1)54-18-2-10-26-64(54)73(63,51-39-33-47(34-40-51)49-37-43-61-59-23-7-15-31-69(59)74(71(61)45-49)65-27-11-3-19-55(65)56-20-4-12-28-66(56)74)52-41-35-48(36-42-52)50-38-44-62-60-24-8-16-32-70(60)75(72(62)46-50)67-29-13-5-21-57(67)58-22-6-14-30-68(58)75/h1-15,17-31,33-46H,16,32H2. The first-order chi connectivity index (χ1) is 37.2. The molecule has 0 radical (unpaired) electrons. The van der Waals surface area contributed by atoms with Gasteiger partial charge in [-0.2, -0.15) is 0 Å². The van der Waals surface area contributed by atoms with Crippen LogP contribution >= 0.6 is 0 Å². The monoisotopic (exact) mass is 948 g/mol. The molecule has 0 amide bonds. The first-order valence-corrected chi connectivity index (χ1v) is 26.8. The Morgan fingerprint density at radius 1 is 0.240 bits per heavy atom. The SMILES string of the molecule is C1=CC2=C(CC1)C1(c3cc(-c4ccc(C5(c6ccc(-c7ccc8c(c7)C7(c9ccccc9-c9ccccc97)c7ccccc7-8)cc6)c6ccccc6-c6ccccc65)cc4)ccc32)c2ccccc2-c2ccccc21. The van der Waals surface area contributed by atoms with Gasteiger partial charge in [0.05, 0.1) is 16.2 Å². The lowest BCUT2D eigenvalue weighted by Gasteiger charge is -2.34. The van der Waals surface area contributed by atoms with Crippen molar-refractivity contribution in [2.75, 3.05) is 0 Å². The zero-order valence-electron chi connectivity index (χ0n) is 41.3. The predicted molar refractivity (Wildman–Crippen MR) is 308 cm³/mol. The van der Waals surface area contributed by atoms with E-state index in [1.165, 1.54) is 139 Å². The van der Waals surface area contributed by atoms with E-state index in [1.54, 1.807) is 5.57 Å². The van der Waals surface area contributed by atoms with Crippen LogP contribution in [0.25, 0.3) is 72.3 Å². The van der Waals surface area contributed by atoms with Crippen LogP contribution in [0, 0.1) is 0 Å². The van der Waals surface area contributed by atoms with Crippen molar-refractivity contribution in [3.05, 3.63) is 339 Å². The first-order valence-electron chi connectivity index (χ1n) is 26.8. The summed E-state index contributed by atoms with van der Waals surface area (Å²) in [5.74, 6) is 0. The lowest BCUT2D eigenvalue weighted by atomic mass is 9.67. The molecule has 0 saturated carbocycles. The van der Waals surface area contributed by atoms with Gasteiger partial charge in [-0.25, -0.2) is 0 Å². The fourth-order valence-electron chi connectivity index (χ4n) is 15.7. The van der Waals surface area contributed by atoms with E-state index in [2.05, 4.69) is 267 Å². The summed E-state index contributed by atoms with van der Waals surface area (Å²) in [6.07, 6.45) is 6.91. The molecular formula is C75H48. The maximum Gasteiger partial charge on any atom is 0.0725 e. The Labute approximate surface area is 438 Å². The Morgan fingerprint density at radius 2 is 0.547 bits per heavy atom. The molecule has 348 valence electrons. The van der Waals surface area contributed by atoms with Gasteiger partial charge in [-0.3, -0.25) is 0 Å². The zero-order chi connectivity index (χ0) is 49.0. The van der Waals surface area contributed by atoms with Crippen molar-refractivity contribution in [1.29, 1.82) is 0 Å². The summed E-state index contributed by atoms with van der Waals surface area (Å²) < 4.78 is 0. The third kappa shape index (κ3) is 5.08. The van der Waals surface area contributed by atoms with Gasteiger partial charge < -0.3 is 0 Å². The van der Waals surface area contributed by atoms with Crippen molar-refractivity contribution in [3.63, 3.8) is 0 Å². The second kappa shape index (κ2) is 15.0. The molecule has 75 heavy (non-hydrogen) atoms. The Morgan fingerprint density at radius 3 is 0.947 bits per heavy atom. The molecule has 6 aliphatic rings. The van der Waals surface area contributed by atoms with Gasteiger partial charge in [0.15, 0.2) is 0 Å². The van der Waals surface area contributed by atoms with E-state index in [0.717, 1.165) is 12.8 Å². The third-order valence-electron chi connectivity index (χ3n) is 18.5. The molecule has 0 nitrogen and oxygen atoms in total. The van der Waals surface area contributed by atoms with Crippen LogP contribution in [0.15, 0.2) is 273 Å². The van der Waals surface area contributed by atoms with Gasteiger partial charge in [0, 0.05) is 0 Å². The summed E-state index contributed by atoms with van der Waals surface area (Å²) in [5, 5.41) is 0. The molecule has 17 rings (SSSR count). The molecule has 0 heteroatoms. The Bertz CT molecular complexity index is 4190. The van der Waals surface area contributed by atoms with Gasteiger partial charge in [0.2, 0.25) is 0 Å². The van der Waals surface area contributed by atoms with Crippen LogP contribution in [-0.2, 0) is 16.2 Å². The second-order valence-electron chi connectivity index (χ2n) is 21.6. The number of fused-ring (bicyclic) bond motifs is 22. The molecule has 0 unspecified atom stereocenters. The largest absolute Gasteiger partial charge is 0.0836 e. The van der Waals surface area contributed by atoms with Gasteiger partial charge >= 0.3 is 0 Å². The smallest absolute Gasteiger partial charge is 0.0725 e. The van der Waals surface area contributed by atoms with Crippen LogP contribution in [0.2, 0.25) is 0 Å². The van der Waals surface area contributed by atoms with Crippen LogP contribution in [-0.4, -0.2) is 0 Å². The molecule has 11 aromatic rings. The average Bonchev–Trinajstić information content (AvgIpc) is 4.36. The van der Waals surface area contributed by atoms with Gasteiger partial charge in [-0.05, 0) is 170 Å². The van der Waals surface area contributed by atoms with Gasteiger partial charge in [-0.1, -0.05) is 255 Å². The molecule has 0 saturated heterocycles. The quantitative estimate of drug-likeness (QED) is 0.165. The Kier molecular flexibility index (Phi) is 8.28.